The Morgan fingerprint density at radius 2 is 2.00 bits per heavy atom. The van der Waals surface area contributed by atoms with Gasteiger partial charge in [0.05, 0.1) is 6.61 Å². The van der Waals surface area contributed by atoms with Crippen LogP contribution in [0.2, 0.25) is 0 Å². The molecule has 1 saturated heterocycles. The molecule has 0 bridgehead atoms. The molecule has 4 rings (SSSR count). The van der Waals surface area contributed by atoms with Gasteiger partial charge >= 0.3 is 0 Å². The van der Waals surface area contributed by atoms with E-state index in [2.05, 4.69) is 30.4 Å². The smallest absolute Gasteiger partial charge is 0.278 e. The van der Waals surface area contributed by atoms with Crippen LogP contribution in [0, 0.1) is 0 Å². The Balaban J connectivity index is 1.25. The van der Waals surface area contributed by atoms with Crippen molar-refractivity contribution in [2.45, 2.75) is 57.7 Å². The normalized spacial score (nSPS) is 27.0. The van der Waals surface area contributed by atoms with Crippen molar-refractivity contribution >= 4 is 5.91 Å². The van der Waals surface area contributed by atoms with Gasteiger partial charge in [-0.2, -0.15) is 0 Å². The van der Waals surface area contributed by atoms with Gasteiger partial charge in [0.15, 0.2) is 6.04 Å². The second kappa shape index (κ2) is 7.97. The van der Waals surface area contributed by atoms with E-state index >= 15 is 0 Å². The van der Waals surface area contributed by atoms with Gasteiger partial charge in [-0.25, -0.2) is 0 Å². The molecule has 3 N–H and O–H groups in total. The molecule has 2 fully saturated rings. The van der Waals surface area contributed by atoms with Gasteiger partial charge < -0.3 is 19.9 Å². The molecule has 1 aromatic carbocycles. The summed E-state index contributed by atoms with van der Waals surface area (Å²) in [4.78, 5) is 15.6. The highest BCUT2D eigenvalue weighted by Gasteiger charge is 2.32. The van der Waals surface area contributed by atoms with Gasteiger partial charge in [0.2, 0.25) is 0 Å². The lowest BCUT2D eigenvalue weighted by atomic mass is 10.1. The third kappa shape index (κ3) is 4.04. The lowest BCUT2D eigenvalue weighted by Gasteiger charge is -2.33. The number of rotatable bonds is 5. The number of ether oxygens (including phenoxy) is 1. The van der Waals surface area contributed by atoms with Gasteiger partial charge in [-0.15, -0.1) is 0 Å². The Morgan fingerprint density at radius 1 is 1.23 bits per heavy atom. The summed E-state index contributed by atoms with van der Waals surface area (Å²) in [6.45, 7) is 8.47. The molecule has 0 unspecified atom stereocenters. The molecule has 2 heterocycles. The number of carbonyl (C=O) groups excluding carboxylic acids is 1. The summed E-state index contributed by atoms with van der Waals surface area (Å²) in [7, 11) is 0. The van der Waals surface area contributed by atoms with Crippen molar-refractivity contribution in [3.8, 4) is 5.75 Å². The van der Waals surface area contributed by atoms with E-state index in [1.165, 1.54) is 28.9 Å². The third-order valence-corrected chi connectivity index (χ3v) is 6.51. The quantitative estimate of drug-likeness (QED) is 0.655. The average molecular weight is 360 g/mol. The first kappa shape index (κ1) is 17.8. The fourth-order valence-corrected chi connectivity index (χ4v) is 4.75. The van der Waals surface area contributed by atoms with E-state index in [-0.39, 0.29) is 11.9 Å². The topological polar surface area (TPSA) is 47.2 Å². The van der Waals surface area contributed by atoms with E-state index in [0.29, 0.717) is 6.04 Å². The highest BCUT2D eigenvalue weighted by molar-refractivity contribution is 5.80. The van der Waals surface area contributed by atoms with Crippen molar-refractivity contribution in [2.75, 3.05) is 32.8 Å². The van der Waals surface area contributed by atoms with Crippen molar-refractivity contribution < 1.29 is 19.3 Å². The standard InChI is InChI=1S/C21H31N3O2/c1-16(21(25)22-19-4-2-3-5-19)24-11-9-23(10-12-24)15-17-6-7-20-18(14-17)8-13-26-20/h6-7,14,16,19H,2-5,8-13,15H2,1H3,(H,22,25)/p+2/t16-/m1/s1. The van der Waals surface area contributed by atoms with Crippen molar-refractivity contribution in [1.82, 2.24) is 5.32 Å². The molecule has 2 aliphatic heterocycles. The van der Waals surface area contributed by atoms with Crippen molar-refractivity contribution in [2.24, 2.45) is 0 Å². The molecule has 0 aromatic heterocycles. The van der Waals surface area contributed by atoms with Gasteiger partial charge in [-0.3, -0.25) is 4.79 Å². The molecule has 142 valence electrons. The van der Waals surface area contributed by atoms with Crippen LogP contribution in [0.15, 0.2) is 18.2 Å². The molecular formula is C21H33N3O2+2. The summed E-state index contributed by atoms with van der Waals surface area (Å²) in [5.41, 5.74) is 2.78. The SMILES string of the molecule is C[C@H](C(=O)NC1CCCC1)[NH+]1CC[NH+](Cc2ccc3c(c2)CCO3)CC1. The highest BCUT2D eigenvalue weighted by Crippen LogP contribution is 2.25. The number of amides is 1. The number of carbonyl (C=O) groups is 1. The number of benzene rings is 1. The molecular weight excluding hydrogens is 326 g/mol. The number of hydrogen-bond donors (Lipinski definition) is 3. The minimum absolute atomic E-state index is 0.0780. The van der Waals surface area contributed by atoms with Gasteiger partial charge in [0.25, 0.3) is 5.91 Å². The summed E-state index contributed by atoms with van der Waals surface area (Å²) < 4.78 is 5.61. The lowest BCUT2D eigenvalue weighted by Crippen LogP contribution is -3.29. The van der Waals surface area contributed by atoms with E-state index in [1.807, 2.05) is 0 Å². The Labute approximate surface area is 156 Å². The zero-order valence-corrected chi connectivity index (χ0v) is 16.0. The predicted molar refractivity (Wildman–Crippen MR) is 101 cm³/mol. The van der Waals surface area contributed by atoms with Gasteiger partial charge in [-0.05, 0) is 43.5 Å². The maximum atomic E-state index is 12.5. The van der Waals surface area contributed by atoms with E-state index in [1.54, 1.807) is 4.90 Å². The first-order valence-corrected chi connectivity index (χ1v) is 10.4. The number of fused-ring (bicyclic) bond motifs is 1. The van der Waals surface area contributed by atoms with Crippen molar-refractivity contribution in [3.05, 3.63) is 29.3 Å². The lowest BCUT2D eigenvalue weighted by molar-refractivity contribution is -1.02. The molecule has 1 atom stereocenters. The summed E-state index contributed by atoms with van der Waals surface area (Å²) >= 11 is 0. The van der Waals surface area contributed by atoms with Crippen LogP contribution in [-0.4, -0.2) is 50.8 Å². The fourth-order valence-electron chi connectivity index (χ4n) is 4.75. The maximum absolute atomic E-state index is 12.5. The molecule has 0 spiro atoms. The van der Waals surface area contributed by atoms with Crippen LogP contribution in [0.1, 0.15) is 43.7 Å². The fraction of sp³-hybridized carbons (Fsp3) is 0.667. The first-order chi connectivity index (χ1) is 12.7. The molecule has 3 aliphatic rings. The molecule has 0 radical (unpaired) electrons. The van der Waals surface area contributed by atoms with Crippen LogP contribution in [0.25, 0.3) is 0 Å². The Bertz CT molecular complexity index is 634. The van der Waals surface area contributed by atoms with Crippen LogP contribution < -0.4 is 19.9 Å². The second-order valence-corrected chi connectivity index (χ2v) is 8.34. The number of piperazine rings is 1. The molecule has 1 aromatic rings. The first-order valence-electron chi connectivity index (χ1n) is 10.4. The molecule has 1 saturated carbocycles. The molecule has 1 aliphatic carbocycles. The summed E-state index contributed by atoms with van der Waals surface area (Å²) in [5.74, 6) is 1.33. The Morgan fingerprint density at radius 3 is 2.77 bits per heavy atom. The van der Waals surface area contributed by atoms with Crippen LogP contribution >= 0.6 is 0 Å². The van der Waals surface area contributed by atoms with E-state index < -0.39 is 0 Å². The summed E-state index contributed by atoms with van der Waals surface area (Å²) in [5, 5.41) is 3.27. The average Bonchev–Trinajstić information content (AvgIpc) is 3.33. The number of quaternary nitrogens is 2. The molecule has 26 heavy (non-hydrogen) atoms. The third-order valence-electron chi connectivity index (χ3n) is 6.51. The molecule has 5 heteroatoms. The maximum Gasteiger partial charge on any atom is 0.278 e. The summed E-state index contributed by atoms with van der Waals surface area (Å²) in [6.07, 6.45) is 5.91. The van der Waals surface area contributed by atoms with Gasteiger partial charge in [0.1, 0.15) is 38.5 Å². The van der Waals surface area contributed by atoms with Crippen LogP contribution in [0.4, 0.5) is 0 Å². The monoisotopic (exact) mass is 359 g/mol. The van der Waals surface area contributed by atoms with Gasteiger partial charge in [-0.1, -0.05) is 12.8 Å². The van der Waals surface area contributed by atoms with E-state index in [9.17, 15) is 4.79 Å². The molecule has 1 amide bonds. The van der Waals surface area contributed by atoms with E-state index in [4.69, 9.17) is 4.74 Å². The zero-order chi connectivity index (χ0) is 17.9. The summed E-state index contributed by atoms with van der Waals surface area (Å²) in [6, 6.07) is 7.18. The largest absolute Gasteiger partial charge is 0.493 e. The zero-order valence-electron chi connectivity index (χ0n) is 16.0. The highest BCUT2D eigenvalue weighted by atomic mass is 16.5. The second-order valence-electron chi connectivity index (χ2n) is 8.34. The van der Waals surface area contributed by atoms with Crippen molar-refractivity contribution in [3.63, 3.8) is 0 Å². The molecule has 5 nitrogen and oxygen atoms in total. The Hall–Kier alpha value is -1.59. The van der Waals surface area contributed by atoms with Crippen LogP contribution in [0.5, 0.6) is 5.75 Å². The van der Waals surface area contributed by atoms with E-state index in [0.717, 1.165) is 64.3 Å². The van der Waals surface area contributed by atoms with Crippen LogP contribution in [-0.2, 0) is 17.8 Å². The Kier molecular flexibility index (Phi) is 5.46. The van der Waals surface area contributed by atoms with Gasteiger partial charge in [0, 0.05) is 18.0 Å². The minimum Gasteiger partial charge on any atom is -0.493 e. The van der Waals surface area contributed by atoms with Crippen LogP contribution in [0.3, 0.4) is 0 Å². The van der Waals surface area contributed by atoms with Crippen molar-refractivity contribution in [1.29, 1.82) is 0 Å². The minimum atomic E-state index is 0.0780. The number of hydrogen-bond acceptors (Lipinski definition) is 2. The number of nitrogens with one attached hydrogen (secondary N) is 3. The predicted octanol–water partition coefficient (Wildman–Crippen LogP) is -0.648.